The van der Waals surface area contributed by atoms with Crippen LogP contribution in [-0.4, -0.2) is 27.3 Å². The van der Waals surface area contributed by atoms with Crippen molar-refractivity contribution in [2.45, 2.75) is 20.3 Å². The number of aryl methyl sites for hydroxylation is 1. The number of nitrogens with one attached hydrogen (secondary N) is 2. The predicted molar refractivity (Wildman–Crippen MR) is 79.4 cm³/mol. The first-order valence-corrected chi connectivity index (χ1v) is 8.36. The van der Waals surface area contributed by atoms with Gasteiger partial charge in [-0.1, -0.05) is 13.0 Å². The number of anilines is 1. The molecule has 6 heteroatoms. The summed E-state index contributed by atoms with van der Waals surface area (Å²) in [5, 5.41) is 3.07. The Hall–Kier alpha value is -0.590. The maximum atomic E-state index is 11.8. The topological polar surface area (TPSA) is 58.2 Å². The van der Waals surface area contributed by atoms with Gasteiger partial charge in [0.2, 0.25) is 10.0 Å². The highest BCUT2D eigenvalue weighted by Gasteiger charge is 2.11. The van der Waals surface area contributed by atoms with Gasteiger partial charge in [-0.15, -0.1) is 0 Å². The molecule has 0 heterocycles. The van der Waals surface area contributed by atoms with E-state index in [-0.39, 0.29) is 5.75 Å². The third-order valence-corrected chi connectivity index (χ3v) is 4.29. The Kier molecular flexibility index (Phi) is 6.11. The largest absolute Gasteiger partial charge is 0.316 e. The Bertz CT molecular complexity index is 489. The fourth-order valence-electron chi connectivity index (χ4n) is 1.43. The number of hydrogen-bond acceptors (Lipinski definition) is 3. The van der Waals surface area contributed by atoms with Crippen molar-refractivity contribution in [3.05, 3.63) is 28.2 Å². The second-order valence-corrected chi connectivity index (χ2v) is 6.85. The third kappa shape index (κ3) is 5.37. The molecule has 0 radical (unpaired) electrons. The van der Waals surface area contributed by atoms with Gasteiger partial charge in [0.15, 0.2) is 0 Å². The molecule has 0 aromatic heterocycles. The molecule has 0 aliphatic rings. The smallest absolute Gasteiger partial charge is 0.234 e. The summed E-state index contributed by atoms with van der Waals surface area (Å²) in [6.45, 7) is 5.30. The van der Waals surface area contributed by atoms with Gasteiger partial charge in [-0.2, -0.15) is 0 Å². The molecule has 1 aromatic carbocycles. The molecular weight excluding hydrogens is 316 g/mol. The minimum absolute atomic E-state index is 0.0767. The van der Waals surface area contributed by atoms with Crippen LogP contribution in [0.3, 0.4) is 0 Å². The lowest BCUT2D eigenvalue weighted by Gasteiger charge is -2.10. The van der Waals surface area contributed by atoms with Crippen LogP contribution in [0, 0.1) is 6.92 Å². The van der Waals surface area contributed by atoms with Crippen molar-refractivity contribution >= 4 is 31.6 Å². The third-order valence-electron chi connectivity index (χ3n) is 2.36. The summed E-state index contributed by atoms with van der Waals surface area (Å²) in [6.07, 6.45) is 0.997. The van der Waals surface area contributed by atoms with Crippen LogP contribution in [0.15, 0.2) is 22.7 Å². The van der Waals surface area contributed by atoms with Gasteiger partial charge in [0.25, 0.3) is 0 Å². The summed E-state index contributed by atoms with van der Waals surface area (Å²) in [6, 6.07) is 5.52. The first kappa shape index (κ1) is 15.5. The predicted octanol–water partition coefficient (Wildman–Crippen LogP) is 2.50. The molecule has 1 aromatic rings. The minimum Gasteiger partial charge on any atom is -0.316 e. The van der Waals surface area contributed by atoms with Crippen LogP contribution in [0.2, 0.25) is 0 Å². The Morgan fingerprint density at radius 3 is 2.61 bits per heavy atom. The SMILES string of the molecule is CCCNCCS(=O)(=O)Nc1ccc(C)cc1Br. The van der Waals surface area contributed by atoms with E-state index in [2.05, 4.69) is 26.0 Å². The van der Waals surface area contributed by atoms with E-state index in [0.29, 0.717) is 12.2 Å². The zero-order valence-corrected chi connectivity index (χ0v) is 13.1. The van der Waals surface area contributed by atoms with Gasteiger partial charge in [-0.3, -0.25) is 4.72 Å². The fourth-order valence-corrected chi connectivity index (χ4v) is 3.18. The van der Waals surface area contributed by atoms with E-state index in [1.165, 1.54) is 0 Å². The van der Waals surface area contributed by atoms with Crippen LogP contribution < -0.4 is 10.0 Å². The van der Waals surface area contributed by atoms with Crippen molar-refractivity contribution < 1.29 is 8.42 Å². The molecular formula is C12H19BrN2O2S. The molecule has 1 rings (SSSR count). The zero-order chi connectivity index (χ0) is 13.6. The molecule has 102 valence electrons. The lowest BCUT2D eigenvalue weighted by atomic mass is 10.2. The van der Waals surface area contributed by atoms with Crippen LogP contribution in [0.5, 0.6) is 0 Å². The van der Waals surface area contributed by atoms with Gasteiger partial charge >= 0.3 is 0 Å². The lowest BCUT2D eigenvalue weighted by molar-refractivity contribution is 0.595. The van der Waals surface area contributed by atoms with E-state index < -0.39 is 10.0 Å². The highest BCUT2D eigenvalue weighted by atomic mass is 79.9. The number of hydrogen-bond donors (Lipinski definition) is 2. The van der Waals surface area contributed by atoms with Gasteiger partial charge in [0, 0.05) is 11.0 Å². The number of benzene rings is 1. The Labute approximate surface area is 117 Å². The number of sulfonamides is 1. The Morgan fingerprint density at radius 2 is 2.00 bits per heavy atom. The molecule has 0 aliphatic heterocycles. The Morgan fingerprint density at radius 1 is 1.28 bits per heavy atom. The molecule has 2 N–H and O–H groups in total. The van der Waals surface area contributed by atoms with E-state index in [1.54, 1.807) is 6.07 Å². The first-order valence-electron chi connectivity index (χ1n) is 5.92. The fraction of sp³-hybridized carbons (Fsp3) is 0.500. The molecule has 0 saturated carbocycles. The molecule has 18 heavy (non-hydrogen) atoms. The van der Waals surface area contributed by atoms with E-state index in [0.717, 1.165) is 23.0 Å². The van der Waals surface area contributed by atoms with E-state index >= 15 is 0 Å². The van der Waals surface area contributed by atoms with Crippen LogP contribution >= 0.6 is 15.9 Å². The molecule has 0 saturated heterocycles. The maximum Gasteiger partial charge on any atom is 0.234 e. The number of rotatable bonds is 7. The minimum atomic E-state index is -3.29. The molecule has 0 amide bonds. The maximum absolute atomic E-state index is 11.8. The summed E-state index contributed by atoms with van der Waals surface area (Å²) in [4.78, 5) is 0. The van der Waals surface area contributed by atoms with Crippen LogP contribution in [0.25, 0.3) is 0 Å². The van der Waals surface area contributed by atoms with E-state index in [1.807, 2.05) is 26.0 Å². The highest BCUT2D eigenvalue weighted by Crippen LogP contribution is 2.24. The summed E-state index contributed by atoms with van der Waals surface area (Å²) >= 11 is 3.35. The van der Waals surface area contributed by atoms with E-state index in [4.69, 9.17) is 0 Å². The van der Waals surface area contributed by atoms with Crippen molar-refractivity contribution in [3.8, 4) is 0 Å². The molecule has 0 unspecified atom stereocenters. The van der Waals surface area contributed by atoms with Crippen molar-refractivity contribution in [2.75, 3.05) is 23.6 Å². The van der Waals surface area contributed by atoms with Crippen LogP contribution in [0.4, 0.5) is 5.69 Å². The molecule has 0 bridgehead atoms. The molecule has 0 aliphatic carbocycles. The highest BCUT2D eigenvalue weighted by molar-refractivity contribution is 9.10. The normalized spacial score (nSPS) is 11.5. The van der Waals surface area contributed by atoms with Crippen molar-refractivity contribution in [3.63, 3.8) is 0 Å². The average Bonchev–Trinajstić information content (AvgIpc) is 2.28. The van der Waals surface area contributed by atoms with Gasteiger partial charge in [0.1, 0.15) is 0 Å². The summed E-state index contributed by atoms with van der Waals surface area (Å²) in [5.41, 5.74) is 1.66. The lowest BCUT2D eigenvalue weighted by Crippen LogP contribution is -2.27. The molecule has 0 fully saturated rings. The first-order chi connectivity index (χ1) is 8.44. The van der Waals surface area contributed by atoms with E-state index in [9.17, 15) is 8.42 Å². The number of halogens is 1. The second-order valence-electron chi connectivity index (χ2n) is 4.15. The quantitative estimate of drug-likeness (QED) is 0.753. The zero-order valence-electron chi connectivity index (χ0n) is 10.7. The van der Waals surface area contributed by atoms with Crippen molar-refractivity contribution in [2.24, 2.45) is 0 Å². The molecule has 4 nitrogen and oxygen atoms in total. The van der Waals surface area contributed by atoms with Gasteiger partial charge < -0.3 is 5.32 Å². The van der Waals surface area contributed by atoms with Gasteiger partial charge in [-0.05, 0) is 53.5 Å². The summed E-state index contributed by atoms with van der Waals surface area (Å²) in [5.74, 6) is 0.0767. The summed E-state index contributed by atoms with van der Waals surface area (Å²) < 4.78 is 27.0. The van der Waals surface area contributed by atoms with Crippen LogP contribution in [-0.2, 0) is 10.0 Å². The van der Waals surface area contributed by atoms with Gasteiger partial charge in [-0.25, -0.2) is 8.42 Å². The van der Waals surface area contributed by atoms with Crippen LogP contribution in [0.1, 0.15) is 18.9 Å². The average molecular weight is 335 g/mol. The Balaban J connectivity index is 2.59. The van der Waals surface area contributed by atoms with Crippen molar-refractivity contribution in [1.29, 1.82) is 0 Å². The monoisotopic (exact) mass is 334 g/mol. The van der Waals surface area contributed by atoms with Gasteiger partial charge in [0.05, 0.1) is 11.4 Å². The standard InChI is InChI=1S/C12H19BrN2O2S/c1-3-6-14-7-8-18(16,17)15-12-5-4-10(2)9-11(12)13/h4-5,9,14-15H,3,6-8H2,1-2H3. The molecule has 0 atom stereocenters. The van der Waals surface area contributed by atoms with Crippen molar-refractivity contribution in [1.82, 2.24) is 5.32 Å². The summed E-state index contributed by atoms with van der Waals surface area (Å²) in [7, 11) is -3.29. The molecule has 0 spiro atoms. The second kappa shape index (κ2) is 7.11.